The molecule has 0 atom stereocenters. The molecule has 1 aliphatic rings. The first kappa shape index (κ1) is 12.8. The standard InChI is InChI=1S/C13H19ClN2O/c14-12-3-1-11(2-4-12)5-6-16-8-13(7-15)9-17-10-13/h1-4,16H,5-10,15H2. The maximum absolute atomic E-state index is 5.83. The largest absolute Gasteiger partial charge is 0.380 e. The minimum atomic E-state index is 0.181. The van der Waals surface area contributed by atoms with Crippen molar-refractivity contribution in [2.24, 2.45) is 11.1 Å². The predicted octanol–water partition coefficient (Wildman–Crippen LogP) is 1.45. The molecule has 0 spiro atoms. The Morgan fingerprint density at radius 2 is 2.00 bits per heavy atom. The van der Waals surface area contributed by atoms with E-state index in [1.54, 1.807) is 0 Å². The Bertz CT molecular complexity index is 343. The average molecular weight is 255 g/mol. The molecule has 0 amide bonds. The van der Waals surface area contributed by atoms with Crippen molar-refractivity contribution >= 4 is 11.6 Å². The molecular weight excluding hydrogens is 236 g/mol. The van der Waals surface area contributed by atoms with Crippen LogP contribution in [0.1, 0.15) is 5.56 Å². The molecule has 1 heterocycles. The highest BCUT2D eigenvalue weighted by atomic mass is 35.5. The number of ether oxygens (including phenoxy) is 1. The van der Waals surface area contributed by atoms with Crippen molar-refractivity contribution in [1.29, 1.82) is 0 Å². The molecule has 0 unspecified atom stereocenters. The zero-order chi connectivity index (χ0) is 12.1. The zero-order valence-electron chi connectivity index (χ0n) is 9.92. The molecule has 94 valence electrons. The predicted molar refractivity (Wildman–Crippen MR) is 70.3 cm³/mol. The Morgan fingerprint density at radius 1 is 1.29 bits per heavy atom. The number of hydrogen-bond donors (Lipinski definition) is 2. The number of nitrogens with one attached hydrogen (secondary N) is 1. The number of rotatable bonds is 6. The summed E-state index contributed by atoms with van der Waals surface area (Å²) in [6.45, 7) is 4.18. The highest BCUT2D eigenvalue weighted by molar-refractivity contribution is 6.30. The third kappa shape index (κ3) is 3.42. The van der Waals surface area contributed by atoms with E-state index in [2.05, 4.69) is 17.4 Å². The van der Waals surface area contributed by atoms with Crippen LogP contribution in [0.25, 0.3) is 0 Å². The Balaban J connectivity index is 1.67. The number of benzene rings is 1. The summed E-state index contributed by atoms with van der Waals surface area (Å²) in [6.07, 6.45) is 1.01. The van der Waals surface area contributed by atoms with Crippen LogP contribution in [0.4, 0.5) is 0 Å². The van der Waals surface area contributed by atoms with Gasteiger partial charge in [0, 0.05) is 23.5 Å². The van der Waals surface area contributed by atoms with Gasteiger partial charge in [0.05, 0.1) is 13.2 Å². The van der Waals surface area contributed by atoms with Gasteiger partial charge in [0.25, 0.3) is 0 Å². The van der Waals surface area contributed by atoms with Crippen LogP contribution >= 0.6 is 11.6 Å². The summed E-state index contributed by atoms with van der Waals surface area (Å²) in [5, 5.41) is 4.24. The van der Waals surface area contributed by atoms with Gasteiger partial charge in [0.15, 0.2) is 0 Å². The minimum Gasteiger partial charge on any atom is -0.380 e. The van der Waals surface area contributed by atoms with E-state index in [0.717, 1.165) is 37.7 Å². The Kier molecular flexibility index (Phi) is 4.40. The lowest BCUT2D eigenvalue weighted by molar-refractivity contribution is -0.104. The molecule has 0 aromatic heterocycles. The second-order valence-corrected chi connectivity index (χ2v) is 5.19. The molecule has 2 rings (SSSR count). The van der Waals surface area contributed by atoms with Crippen molar-refractivity contribution in [2.75, 3.05) is 32.8 Å². The molecule has 0 aliphatic carbocycles. The van der Waals surface area contributed by atoms with Gasteiger partial charge in [0.1, 0.15) is 0 Å². The van der Waals surface area contributed by atoms with E-state index in [-0.39, 0.29) is 5.41 Å². The lowest BCUT2D eigenvalue weighted by Crippen LogP contribution is -2.54. The molecule has 3 nitrogen and oxygen atoms in total. The van der Waals surface area contributed by atoms with E-state index in [1.165, 1.54) is 5.56 Å². The van der Waals surface area contributed by atoms with Crippen LogP contribution in [-0.2, 0) is 11.2 Å². The fraction of sp³-hybridized carbons (Fsp3) is 0.538. The van der Waals surface area contributed by atoms with Gasteiger partial charge >= 0.3 is 0 Å². The molecule has 4 heteroatoms. The average Bonchev–Trinajstić information content (AvgIpc) is 2.30. The fourth-order valence-electron chi connectivity index (χ4n) is 1.92. The maximum Gasteiger partial charge on any atom is 0.0569 e. The van der Waals surface area contributed by atoms with Crippen LogP contribution in [0.5, 0.6) is 0 Å². The van der Waals surface area contributed by atoms with Crippen molar-refractivity contribution in [3.05, 3.63) is 34.9 Å². The highest BCUT2D eigenvalue weighted by Gasteiger charge is 2.36. The second-order valence-electron chi connectivity index (χ2n) is 4.75. The van der Waals surface area contributed by atoms with E-state index >= 15 is 0 Å². The SMILES string of the molecule is NCC1(CNCCc2ccc(Cl)cc2)COC1. The first-order valence-electron chi connectivity index (χ1n) is 5.97. The highest BCUT2D eigenvalue weighted by Crippen LogP contribution is 2.24. The molecule has 0 saturated carbocycles. The van der Waals surface area contributed by atoms with Crippen molar-refractivity contribution in [1.82, 2.24) is 5.32 Å². The van der Waals surface area contributed by atoms with Gasteiger partial charge in [0.2, 0.25) is 0 Å². The molecule has 1 aliphatic heterocycles. The fourth-order valence-corrected chi connectivity index (χ4v) is 2.05. The van der Waals surface area contributed by atoms with Crippen LogP contribution < -0.4 is 11.1 Å². The lowest BCUT2D eigenvalue weighted by Gasteiger charge is -2.40. The topological polar surface area (TPSA) is 47.3 Å². The van der Waals surface area contributed by atoms with Crippen LogP contribution in [0.3, 0.4) is 0 Å². The van der Waals surface area contributed by atoms with Gasteiger partial charge in [-0.25, -0.2) is 0 Å². The maximum atomic E-state index is 5.83. The monoisotopic (exact) mass is 254 g/mol. The van der Waals surface area contributed by atoms with Crippen molar-refractivity contribution in [3.8, 4) is 0 Å². The van der Waals surface area contributed by atoms with Crippen LogP contribution in [0, 0.1) is 5.41 Å². The van der Waals surface area contributed by atoms with Crippen molar-refractivity contribution < 1.29 is 4.74 Å². The number of halogens is 1. The minimum absolute atomic E-state index is 0.181. The number of hydrogen-bond acceptors (Lipinski definition) is 3. The van der Waals surface area contributed by atoms with E-state index in [9.17, 15) is 0 Å². The third-order valence-electron chi connectivity index (χ3n) is 3.25. The van der Waals surface area contributed by atoms with Gasteiger partial charge in [-0.15, -0.1) is 0 Å². The van der Waals surface area contributed by atoms with Crippen LogP contribution in [-0.4, -0.2) is 32.8 Å². The summed E-state index contributed by atoms with van der Waals surface area (Å²) < 4.78 is 5.22. The van der Waals surface area contributed by atoms with Gasteiger partial charge in [-0.3, -0.25) is 0 Å². The first-order valence-corrected chi connectivity index (χ1v) is 6.35. The molecule has 0 radical (unpaired) electrons. The molecule has 1 aromatic rings. The zero-order valence-corrected chi connectivity index (χ0v) is 10.7. The van der Waals surface area contributed by atoms with E-state index in [1.807, 2.05) is 12.1 Å². The molecule has 1 aromatic carbocycles. The Hall–Kier alpha value is -0.610. The summed E-state index contributed by atoms with van der Waals surface area (Å²) >= 11 is 5.83. The molecular formula is C13H19ClN2O. The molecule has 17 heavy (non-hydrogen) atoms. The third-order valence-corrected chi connectivity index (χ3v) is 3.51. The van der Waals surface area contributed by atoms with Crippen LogP contribution in [0.2, 0.25) is 5.02 Å². The van der Waals surface area contributed by atoms with E-state index < -0.39 is 0 Å². The first-order chi connectivity index (χ1) is 8.24. The van der Waals surface area contributed by atoms with E-state index in [4.69, 9.17) is 22.1 Å². The van der Waals surface area contributed by atoms with Crippen molar-refractivity contribution in [3.63, 3.8) is 0 Å². The van der Waals surface area contributed by atoms with Crippen LogP contribution in [0.15, 0.2) is 24.3 Å². The Morgan fingerprint density at radius 3 is 2.53 bits per heavy atom. The summed E-state index contributed by atoms with van der Waals surface area (Å²) in [7, 11) is 0. The summed E-state index contributed by atoms with van der Waals surface area (Å²) in [5.74, 6) is 0. The normalized spacial score (nSPS) is 17.8. The quantitative estimate of drug-likeness (QED) is 0.756. The Labute approximate surface area is 107 Å². The van der Waals surface area contributed by atoms with Gasteiger partial charge in [-0.05, 0) is 30.7 Å². The smallest absolute Gasteiger partial charge is 0.0569 e. The molecule has 1 fully saturated rings. The second kappa shape index (κ2) is 5.83. The number of nitrogens with two attached hydrogens (primary N) is 1. The van der Waals surface area contributed by atoms with E-state index in [0.29, 0.717) is 6.54 Å². The van der Waals surface area contributed by atoms with Crippen molar-refractivity contribution in [2.45, 2.75) is 6.42 Å². The molecule has 1 saturated heterocycles. The van der Waals surface area contributed by atoms with Gasteiger partial charge in [-0.1, -0.05) is 23.7 Å². The molecule has 0 bridgehead atoms. The van der Waals surface area contributed by atoms with Gasteiger partial charge < -0.3 is 15.8 Å². The summed E-state index contributed by atoms with van der Waals surface area (Å²) in [4.78, 5) is 0. The lowest BCUT2D eigenvalue weighted by atomic mass is 9.86. The summed E-state index contributed by atoms with van der Waals surface area (Å²) in [5.41, 5.74) is 7.22. The molecule has 3 N–H and O–H groups in total. The van der Waals surface area contributed by atoms with Gasteiger partial charge in [-0.2, -0.15) is 0 Å². The summed E-state index contributed by atoms with van der Waals surface area (Å²) in [6, 6.07) is 7.99.